The molecule has 10 heteroatoms. The summed E-state index contributed by atoms with van der Waals surface area (Å²) < 4.78 is 16.1. The topological polar surface area (TPSA) is 167 Å². The molecule has 0 aliphatic carbocycles. The average molecular weight is 430 g/mol. The first-order valence-electron chi connectivity index (χ1n) is 9.20. The highest BCUT2D eigenvalue weighted by atomic mass is 16.7. The maximum atomic E-state index is 12.8. The van der Waals surface area contributed by atoms with Crippen molar-refractivity contribution >= 4 is 16.9 Å². The highest BCUT2D eigenvalue weighted by molar-refractivity contribution is 5.82. The lowest BCUT2D eigenvalue weighted by Gasteiger charge is -2.38. The van der Waals surface area contributed by atoms with E-state index in [1.165, 1.54) is 36.6 Å². The highest BCUT2D eigenvalue weighted by Gasteiger charge is 2.48. The van der Waals surface area contributed by atoms with Gasteiger partial charge in [0.15, 0.2) is 11.5 Å². The Morgan fingerprint density at radius 1 is 0.968 bits per heavy atom. The molecule has 4 rings (SSSR count). The van der Waals surface area contributed by atoms with Crippen LogP contribution in [0.1, 0.15) is 0 Å². The summed E-state index contributed by atoms with van der Waals surface area (Å²) in [5.74, 6) is -1.39. The normalized spacial score (nSPS) is 26.0. The number of phenolic OH excluding ortho intramolecular Hbond substituents is 1. The van der Waals surface area contributed by atoms with Gasteiger partial charge in [-0.25, -0.2) is 4.79 Å². The molecule has 1 fully saturated rings. The van der Waals surface area contributed by atoms with E-state index in [-0.39, 0.29) is 33.5 Å². The number of phenols is 1. The van der Waals surface area contributed by atoms with Gasteiger partial charge < -0.3 is 39.4 Å². The van der Waals surface area contributed by atoms with Crippen LogP contribution >= 0.6 is 0 Å². The first kappa shape index (κ1) is 20.8. The molecular formula is C21H18O10. The van der Waals surface area contributed by atoms with Crippen molar-refractivity contribution < 1.29 is 44.2 Å². The lowest BCUT2D eigenvalue weighted by atomic mass is 9.99. The van der Waals surface area contributed by atoms with Crippen molar-refractivity contribution in [3.8, 4) is 22.6 Å². The molecule has 1 aliphatic rings. The van der Waals surface area contributed by atoms with Gasteiger partial charge in [0, 0.05) is 6.07 Å². The molecule has 162 valence electrons. The molecule has 2 heterocycles. The molecule has 0 spiro atoms. The number of aliphatic hydroxyl groups excluding tert-OH is 3. The van der Waals surface area contributed by atoms with Crippen LogP contribution in [0.5, 0.6) is 11.5 Å². The number of carbonyl (C=O) groups is 1. The van der Waals surface area contributed by atoms with Crippen LogP contribution in [0.2, 0.25) is 0 Å². The fraction of sp³-hybridized carbons (Fsp3) is 0.238. The van der Waals surface area contributed by atoms with Gasteiger partial charge in [0.1, 0.15) is 41.7 Å². The zero-order valence-electron chi connectivity index (χ0n) is 15.8. The quantitative estimate of drug-likeness (QED) is 0.392. The standard InChI is InChI=1S/C21H18O10/c22-10-3-1-9(2-4-10)13-8-29-14-7-11(5-6-12(14)15(13)23)30-21-18(26)16(24)17(25)19(31-21)20(27)28/h1-8,16-19,21-22,24-26H,(H,27,28)/t16-,17+,18?,19?,21-/m1/s1. The Labute approximate surface area is 174 Å². The van der Waals surface area contributed by atoms with Crippen molar-refractivity contribution in [1.82, 2.24) is 0 Å². The van der Waals surface area contributed by atoms with Gasteiger partial charge >= 0.3 is 5.97 Å². The lowest BCUT2D eigenvalue weighted by molar-refractivity contribution is -0.271. The van der Waals surface area contributed by atoms with Crippen molar-refractivity contribution in [2.75, 3.05) is 0 Å². The predicted molar refractivity (Wildman–Crippen MR) is 105 cm³/mol. The van der Waals surface area contributed by atoms with Crippen molar-refractivity contribution in [1.29, 1.82) is 0 Å². The number of rotatable bonds is 4. The Kier molecular flexibility index (Phi) is 5.38. The van der Waals surface area contributed by atoms with Crippen LogP contribution in [0.3, 0.4) is 0 Å². The second kappa shape index (κ2) is 8.00. The van der Waals surface area contributed by atoms with E-state index < -0.39 is 36.7 Å². The maximum Gasteiger partial charge on any atom is 0.335 e. The molecule has 2 unspecified atom stereocenters. The molecule has 31 heavy (non-hydrogen) atoms. The van der Waals surface area contributed by atoms with Crippen molar-refractivity contribution in [2.45, 2.75) is 30.7 Å². The van der Waals surface area contributed by atoms with Gasteiger partial charge in [-0.2, -0.15) is 0 Å². The largest absolute Gasteiger partial charge is 0.508 e. The number of fused-ring (bicyclic) bond motifs is 1. The molecule has 5 N–H and O–H groups in total. The van der Waals surface area contributed by atoms with Gasteiger partial charge in [0.05, 0.1) is 10.9 Å². The van der Waals surface area contributed by atoms with Crippen molar-refractivity contribution in [3.05, 3.63) is 59.0 Å². The van der Waals surface area contributed by atoms with E-state index in [2.05, 4.69) is 0 Å². The van der Waals surface area contributed by atoms with Crippen LogP contribution in [0.4, 0.5) is 0 Å². The van der Waals surface area contributed by atoms with Crippen LogP contribution in [0.15, 0.2) is 57.9 Å². The van der Waals surface area contributed by atoms with Crippen molar-refractivity contribution in [2.24, 2.45) is 0 Å². The third-order valence-electron chi connectivity index (χ3n) is 4.99. The zero-order valence-corrected chi connectivity index (χ0v) is 15.8. The number of aliphatic carboxylic acids is 1. The van der Waals surface area contributed by atoms with E-state index in [0.29, 0.717) is 5.56 Å². The summed E-state index contributed by atoms with van der Waals surface area (Å²) in [7, 11) is 0. The Morgan fingerprint density at radius 3 is 2.35 bits per heavy atom. The fourth-order valence-electron chi connectivity index (χ4n) is 3.31. The third-order valence-corrected chi connectivity index (χ3v) is 4.99. The molecule has 3 aromatic rings. The fourth-order valence-corrected chi connectivity index (χ4v) is 3.31. The summed E-state index contributed by atoms with van der Waals surface area (Å²) in [6.45, 7) is 0. The molecule has 5 atom stereocenters. The third kappa shape index (κ3) is 3.84. The van der Waals surface area contributed by atoms with Gasteiger partial charge in [-0.05, 0) is 29.8 Å². The summed E-state index contributed by atoms with van der Waals surface area (Å²) in [6.07, 6.45) is -7.47. The summed E-state index contributed by atoms with van der Waals surface area (Å²) in [5, 5.41) is 48.4. The predicted octanol–water partition coefficient (Wildman–Crippen LogP) is 0.437. The maximum absolute atomic E-state index is 12.8. The Bertz CT molecular complexity index is 1170. The molecule has 0 saturated carbocycles. The first-order valence-corrected chi connectivity index (χ1v) is 9.20. The number of carboxylic acids is 1. The number of benzene rings is 2. The molecule has 0 bridgehead atoms. The number of ether oxygens (including phenoxy) is 2. The van der Waals surface area contributed by atoms with Crippen LogP contribution in [-0.2, 0) is 9.53 Å². The summed E-state index contributed by atoms with van der Waals surface area (Å²) in [6, 6.07) is 10.2. The summed E-state index contributed by atoms with van der Waals surface area (Å²) >= 11 is 0. The van der Waals surface area contributed by atoms with E-state index in [9.17, 15) is 30.0 Å². The second-order valence-corrected chi connectivity index (χ2v) is 7.04. The van der Waals surface area contributed by atoms with Crippen molar-refractivity contribution in [3.63, 3.8) is 0 Å². The van der Waals surface area contributed by atoms with E-state index in [0.717, 1.165) is 0 Å². The summed E-state index contributed by atoms with van der Waals surface area (Å²) in [4.78, 5) is 24.0. The van der Waals surface area contributed by atoms with Gasteiger partial charge in [0.25, 0.3) is 0 Å². The van der Waals surface area contributed by atoms with E-state index in [1.807, 2.05) is 0 Å². The highest BCUT2D eigenvalue weighted by Crippen LogP contribution is 2.28. The second-order valence-electron chi connectivity index (χ2n) is 7.04. The Balaban J connectivity index is 1.62. The number of hydrogen-bond donors (Lipinski definition) is 5. The van der Waals surface area contributed by atoms with Crippen LogP contribution in [-0.4, -0.2) is 62.2 Å². The average Bonchev–Trinajstić information content (AvgIpc) is 2.75. The number of carboxylic acid groups (broad SMARTS) is 1. The summed E-state index contributed by atoms with van der Waals surface area (Å²) in [5.41, 5.74) is 0.677. The zero-order chi connectivity index (χ0) is 22.3. The van der Waals surface area contributed by atoms with E-state index in [4.69, 9.17) is 19.0 Å². The van der Waals surface area contributed by atoms with E-state index >= 15 is 0 Å². The molecule has 1 saturated heterocycles. The Morgan fingerprint density at radius 2 is 1.68 bits per heavy atom. The smallest absolute Gasteiger partial charge is 0.335 e. The van der Waals surface area contributed by atoms with Gasteiger partial charge in [0.2, 0.25) is 6.29 Å². The van der Waals surface area contributed by atoms with Crippen LogP contribution in [0.25, 0.3) is 22.1 Å². The number of hydrogen-bond acceptors (Lipinski definition) is 9. The first-order chi connectivity index (χ1) is 14.8. The monoisotopic (exact) mass is 430 g/mol. The SMILES string of the molecule is O=C(O)C1O[C@@H](Oc2ccc3c(=O)c(-c4ccc(O)cc4)coc3c2)C(O)[C@H](O)[C@@H]1O. The minimum atomic E-state index is -1.83. The molecule has 0 radical (unpaired) electrons. The number of aliphatic hydroxyl groups is 3. The molecular weight excluding hydrogens is 412 g/mol. The van der Waals surface area contributed by atoms with Gasteiger partial charge in [-0.15, -0.1) is 0 Å². The Hall–Kier alpha value is -3.44. The molecule has 0 amide bonds. The van der Waals surface area contributed by atoms with Crippen LogP contribution < -0.4 is 10.2 Å². The molecule has 2 aromatic carbocycles. The lowest BCUT2D eigenvalue weighted by Crippen LogP contribution is -2.61. The van der Waals surface area contributed by atoms with Gasteiger partial charge in [-0.3, -0.25) is 4.79 Å². The molecule has 1 aliphatic heterocycles. The minimum Gasteiger partial charge on any atom is -0.508 e. The van der Waals surface area contributed by atoms with Crippen LogP contribution in [0, 0.1) is 0 Å². The molecule has 1 aromatic heterocycles. The van der Waals surface area contributed by atoms with E-state index in [1.54, 1.807) is 12.1 Å². The van der Waals surface area contributed by atoms with Gasteiger partial charge in [-0.1, -0.05) is 12.1 Å². The minimum absolute atomic E-state index is 0.0608. The number of aromatic hydroxyl groups is 1. The molecule has 10 nitrogen and oxygen atoms in total.